The van der Waals surface area contributed by atoms with Crippen molar-refractivity contribution in [2.24, 2.45) is 0 Å². The second-order valence-corrected chi connectivity index (χ2v) is 4.25. The number of carbonyl (C=O) groups is 2. The van der Waals surface area contributed by atoms with Crippen LogP contribution in [0.2, 0.25) is 0 Å². The summed E-state index contributed by atoms with van der Waals surface area (Å²) in [4.78, 5) is 34.4. The monoisotopic (exact) mass is 283 g/mol. The highest BCUT2D eigenvalue weighted by Gasteiger charge is 2.24. The van der Waals surface area contributed by atoms with Crippen molar-refractivity contribution in [1.29, 1.82) is 0 Å². The minimum absolute atomic E-state index is 0.133. The number of carboxylic acid groups (broad SMARTS) is 1. The van der Waals surface area contributed by atoms with E-state index in [4.69, 9.17) is 5.11 Å². The third-order valence-corrected chi connectivity index (χ3v) is 2.76. The van der Waals surface area contributed by atoms with Crippen molar-refractivity contribution < 1.29 is 19.6 Å². The molecule has 110 valence electrons. The van der Waals surface area contributed by atoms with Gasteiger partial charge in [0.2, 0.25) is 0 Å². The van der Waals surface area contributed by atoms with Crippen molar-refractivity contribution in [3.63, 3.8) is 0 Å². The van der Waals surface area contributed by atoms with Gasteiger partial charge in [0.05, 0.1) is 11.1 Å². The summed E-state index contributed by atoms with van der Waals surface area (Å²) in [6.45, 7) is 3.83. The summed E-state index contributed by atoms with van der Waals surface area (Å²) in [5, 5.41) is 19.6. The molecule has 1 rings (SSSR count). The number of aliphatic carboxylic acids is 1. The van der Waals surface area contributed by atoms with E-state index in [-0.39, 0.29) is 17.9 Å². The van der Waals surface area contributed by atoms with E-state index in [1.54, 1.807) is 6.92 Å². The Morgan fingerprint density at radius 2 is 2.10 bits per heavy atom. The Kier molecular flexibility index (Phi) is 5.24. The zero-order valence-corrected chi connectivity index (χ0v) is 11.4. The summed E-state index contributed by atoms with van der Waals surface area (Å²) in [5.41, 5.74) is -0.0455. The molecule has 1 N–H and O–H groups in total. The highest BCUT2D eigenvalue weighted by molar-refractivity contribution is 5.95. The molecule has 0 aromatic carbocycles. The standard InChI is InChI=1S/C12H17N3O5/c1-3-5-14(8-11(16)17)12(18)10-6-9(15(19)20)7-13(10)4-2/h6-7H,3-5,8H2,1-2H3,(H,16,17). The van der Waals surface area contributed by atoms with Crippen molar-refractivity contribution >= 4 is 17.6 Å². The molecule has 0 aliphatic heterocycles. The molecule has 0 spiro atoms. The second-order valence-electron chi connectivity index (χ2n) is 4.25. The number of hydrogen-bond acceptors (Lipinski definition) is 4. The highest BCUT2D eigenvalue weighted by atomic mass is 16.6. The van der Waals surface area contributed by atoms with E-state index >= 15 is 0 Å². The Bertz CT molecular complexity index is 523. The normalized spacial score (nSPS) is 10.3. The quantitative estimate of drug-likeness (QED) is 0.600. The van der Waals surface area contributed by atoms with E-state index in [1.807, 2.05) is 6.92 Å². The molecule has 0 saturated heterocycles. The predicted molar refractivity (Wildman–Crippen MR) is 70.6 cm³/mol. The van der Waals surface area contributed by atoms with Gasteiger partial charge in [0.1, 0.15) is 12.2 Å². The molecule has 0 atom stereocenters. The third kappa shape index (κ3) is 3.56. The molecular weight excluding hydrogens is 266 g/mol. The zero-order chi connectivity index (χ0) is 15.3. The molecule has 0 aliphatic carbocycles. The molecule has 0 unspecified atom stereocenters. The minimum atomic E-state index is -1.11. The summed E-state index contributed by atoms with van der Waals surface area (Å²) < 4.78 is 1.45. The Morgan fingerprint density at radius 1 is 1.45 bits per heavy atom. The SMILES string of the molecule is CCCN(CC(=O)O)C(=O)c1cc([N+](=O)[O-])cn1CC. The largest absolute Gasteiger partial charge is 0.480 e. The first-order valence-corrected chi connectivity index (χ1v) is 6.26. The van der Waals surface area contributed by atoms with Crippen LogP contribution in [0, 0.1) is 10.1 Å². The smallest absolute Gasteiger partial charge is 0.323 e. The van der Waals surface area contributed by atoms with Crippen molar-refractivity contribution in [3.05, 3.63) is 28.1 Å². The van der Waals surface area contributed by atoms with Crippen LogP contribution in [-0.2, 0) is 11.3 Å². The fraction of sp³-hybridized carbons (Fsp3) is 0.500. The molecule has 0 radical (unpaired) electrons. The molecule has 20 heavy (non-hydrogen) atoms. The number of carbonyl (C=O) groups excluding carboxylic acids is 1. The van der Waals surface area contributed by atoms with Crippen molar-refractivity contribution in [2.45, 2.75) is 26.8 Å². The lowest BCUT2D eigenvalue weighted by Crippen LogP contribution is -2.37. The number of rotatable bonds is 7. The lowest BCUT2D eigenvalue weighted by Gasteiger charge is -2.20. The Hall–Kier alpha value is -2.38. The number of nitrogens with zero attached hydrogens (tertiary/aromatic N) is 3. The molecule has 1 heterocycles. The van der Waals surface area contributed by atoms with Crippen LogP contribution in [-0.4, -0.2) is 44.5 Å². The first-order chi connectivity index (χ1) is 9.40. The van der Waals surface area contributed by atoms with E-state index in [9.17, 15) is 19.7 Å². The van der Waals surface area contributed by atoms with Crippen LogP contribution in [0.1, 0.15) is 30.8 Å². The van der Waals surface area contributed by atoms with Gasteiger partial charge in [0.25, 0.3) is 11.6 Å². The summed E-state index contributed by atoms with van der Waals surface area (Å²) in [6.07, 6.45) is 1.88. The van der Waals surface area contributed by atoms with E-state index < -0.39 is 23.3 Å². The van der Waals surface area contributed by atoms with Crippen LogP contribution in [0.4, 0.5) is 5.69 Å². The minimum Gasteiger partial charge on any atom is -0.480 e. The number of aromatic nitrogens is 1. The van der Waals surface area contributed by atoms with Gasteiger partial charge in [0, 0.05) is 19.2 Å². The summed E-state index contributed by atoms with van der Waals surface area (Å²) in [7, 11) is 0. The molecule has 1 aromatic heterocycles. The van der Waals surface area contributed by atoms with Crippen LogP contribution in [0.25, 0.3) is 0 Å². The Morgan fingerprint density at radius 3 is 2.55 bits per heavy atom. The lowest BCUT2D eigenvalue weighted by molar-refractivity contribution is -0.384. The maximum absolute atomic E-state index is 12.3. The average Bonchev–Trinajstić information content (AvgIpc) is 2.81. The molecule has 0 bridgehead atoms. The molecule has 0 aliphatic rings. The van der Waals surface area contributed by atoms with Gasteiger partial charge in [-0.05, 0) is 13.3 Å². The molecule has 8 heteroatoms. The molecule has 1 amide bonds. The van der Waals surface area contributed by atoms with Gasteiger partial charge in [-0.25, -0.2) is 0 Å². The molecule has 0 saturated carbocycles. The third-order valence-electron chi connectivity index (χ3n) is 2.76. The van der Waals surface area contributed by atoms with Gasteiger partial charge in [-0.3, -0.25) is 19.7 Å². The van der Waals surface area contributed by atoms with Crippen LogP contribution in [0.15, 0.2) is 12.3 Å². The van der Waals surface area contributed by atoms with E-state index in [1.165, 1.54) is 21.7 Å². The van der Waals surface area contributed by atoms with Crippen molar-refractivity contribution in [2.75, 3.05) is 13.1 Å². The van der Waals surface area contributed by atoms with Gasteiger partial charge < -0.3 is 14.6 Å². The van der Waals surface area contributed by atoms with Gasteiger partial charge in [0.15, 0.2) is 0 Å². The maximum Gasteiger partial charge on any atom is 0.323 e. The van der Waals surface area contributed by atoms with Crippen LogP contribution in [0.3, 0.4) is 0 Å². The van der Waals surface area contributed by atoms with Crippen LogP contribution in [0.5, 0.6) is 0 Å². The van der Waals surface area contributed by atoms with Crippen molar-refractivity contribution in [3.8, 4) is 0 Å². The number of amides is 1. The highest BCUT2D eigenvalue weighted by Crippen LogP contribution is 2.18. The molecule has 8 nitrogen and oxygen atoms in total. The maximum atomic E-state index is 12.3. The molecule has 1 aromatic rings. The number of nitro groups is 1. The van der Waals surface area contributed by atoms with E-state index in [0.29, 0.717) is 13.0 Å². The van der Waals surface area contributed by atoms with Gasteiger partial charge >= 0.3 is 5.97 Å². The number of aryl methyl sites for hydroxylation is 1. The summed E-state index contributed by atoms with van der Waals surface area (Å²) in [5.74, 6) is -1.62. The topological polar surface area (TPSA) is 106 Å². The first kappa shape index (κ1) is 15.7. The molecular formula is C12H17N3O5. The fourth-order valence-electron chi connectivity index (χ4n) is 1.88. The van der Waals surface area contributed by atoms with E-state index in [2.05, 4.69) is 0 Å². The average molecular weight is 283 g/mol. The molecule has 0 fully saturated rings. The number of hydrogen-bond donors (Lipinski definition) is 1. The lowest BCUT2D eigenvalue weighted by atomic mass is 10.3. The van der Waals surface area contributed by atoms with Gasteiger partial charge in [-0.2, -0.15) is 0 Å². The van der Waals surface area contributed by atoms with Crippen molar-refractivity contribution in [1.82, 2.24) is 9.47 Å². The second kappa shape index (κ2) is 6.69. The van der Waals surface area contributed by atoms with Crippen LogP contribution < -0.4 is 0 Å². The van der Waals surface area contributed by atoms with Gasteiger partial charge in [-0.1, -0.05) is 6.92 Å². The predicted octanol–water partition coefficient (Wildman–Crippen LogP) is 1.35. The van der Waals surface area contributed by atoms with E-state index in [0.717, 1.165) is 0 Å². The van der Waals surface area contributed by atoms with Gasteiger partial charge in [-0.15, -0.1) is 0 Å². The fourth-order valence-corrected chi connectivity index (χ4v) is 1.88. The first-order valence-electron chi connectivity index (χ1n) is 6.26. The number of carboxylic acids is 1. The Labute approximate surface area is 115 Å². The summed E-state index contributed by atoms with van der Waals surface area (Å²) in [6, 6.07) is 1.18. The Balaban J connectivity index is 3.09. The zero-order valence-electron chi connectivity index (χ0n) is 11.4. The van der Waals surface area contributed by atoms with Crippen LogP contribution >= 0.6 is 0 Å². The summed E-state index contributed by atoms with van der Waals surface area (Å²) >= 11 is 0.